The summed E-state index contributed by atoms with van der Waals surface area (Å²) in [6.07, 6.45) is 0. The summed E-state index contributed by atoms with van der Waals surface area (Å²) in [6, 6.07) is 13.3. The van der Waals surface area contributed by atoms with Gasteiger partial charge in [0, 0.05) is 25.1 Å². The Morgan fingerprint density at radius 3 is 1.78 bits per heavy atom. The van der Waals surface area contributed by atoms with Crippen molar-refractivity contribution in [2.24, 2.45) is 0 Å². The zero-order chi connectivity index (χ0) is 19.4. The fourth-order valence-corrected chi connectivity index (χ4v) is 3.25. The molecular formula is C20H17IO6. The molecule has 0 aliphatic heterocycles. The third-order valence-corrected chi connectivity index (χ3v) is 4.68. The molecule has 0 heterocycles. The Labute approximate surface area is 169 Å². The van der Waals surface area contributed by atoms with Gasteiger partial charge in [0.25, 0.3) is 0 Å². The largest absolute Gasteiger partial charge is 0.481 e. The third-order valence-electron chi connectivity index (χ3n) is 4.01. The van der Waals surface area contributed by atoms with E-state index < -0.39 is 11.9 Å². The van der Waals surface area contributed by atoms with Gasteiger partial charge in [-0.2, -0.15) is 0 Å². The molecule has 0 saturated carbocycles. The Kier molecular flexibility index (Phi) is 6.00. The number of halogens is 1. The van der Waals surface area contributed by atoms with E-state index in [0.29, 0.717) is 11.5 Å². The number of hydrogen-bond acceptors (Lipinski definition) is 6. The van der Waals surface area contributed by atoms with E-state index in [1.54, 1.807) is 0 Å². The van der Waals surface area contributed by atoms with Crippen molar-refractivity contribution < 1.29 is 28.5 Å². The molecule has 0 aromatic heterocycles. The molecule has 6 nitrogen and oxygen atoms in total. The number of rotatable bonds is 6. The van der Waals surface area contributed by atoms with Gasteiger partial charge in [-0.05, 0) is 40.8 Å². The van der Waals surface area contributed by atoms with Crippen molar-refractivity contribution in [3.8, 4) is 11.5 Å². The molecule has 0 amide bonds. The molecule has 0 aliphatic carbocycles. The molecule has 0 saturated heterocycles. The Morgan fingerprint density at radius 2 is 1.26 bits per heavy atom. The maximum atomic E-state index is 11.6. The summed E-state index contributed by atoms with van der Waals surface area (Å²) in [5, 5.41) is 3.10. The van der Waals surface area contributed by atoms with Crippen LogP contribution in [0.4, 0.5) is 0 Å². The summed E-state index contributed by atoms with van der Waals surface area (Å²) < 4.78 is 22.0. The van der Waals surface area contributed by atoms with Gasteiger partial charge in [0.15, 0.2) is 13.2 Å². The van der Waals surface area contributed by atoms with Crippen LogP contribution < -0.4 is 9.47 Å². The van der Waals surface area contributed by atoms with Gasteiger partial charge in [-0.1, -0.05) is 24.3 Å². The number of ether oxygens (including phenoxy) is 4. The van der Waals surface area contributed by atoms with Crippen LogP contribution >= 0.6 is 22.6 Å². The molecule has 3 aromatic carbocycles. The van der Waals surface area contributed by atoms with E-state index in [2.05, 4.69) is 32.1 Å². The summed E-state index contributed by atoms with van der Waals surface area (Å²) in [7, 11) is 2.63. The maximum absolute atomic E-state index is 11.6. The van der Waals surface area contributed by atoms with Crippen LogP contribution in [-0.4, -0.2) is 39.4 Å². The van der Waals surface area contributed by atoms with E-state index in [9.17, 15) is 9.59 Å². The van der Waals surface area contributed by atoms with Crippen LogP contribution in [-0.2, 0) is 19.1 Å². The number of methoxy groups -OCH3 is 2. The lowest BCUT2D eigenvalue weighted by molar-refractivity contribution is -0.143. The Bertz CT molecular complexity index is 1010. The fourth-order valence-electron chi connectivity index (χ4n) is 2.76. The number of fused-ring (bicyclic) bond motifs is 2. The first-order chi connectivity index (χ1) is 13.0. The van der Waals surface area contributed by atoms with Gasteiger partial charge in [0.05, 0.1) is 14.2 Å². The predicted molar refractivity (Wildman–Crippen MR) is 109 cm³/mol. The summed E-state index contributed by atoms with van der Waals surface area (Å²) in [5.41, 5.74) is 0. The molecule has 0 aliphatic rings. The summed E-state index contributed by atoms with van der Waals surface area (Å²) in [6.45, 7) is -0.409. The Hall–Kier alpha value is -2.55. The van der Waals surface area contributed by atoms with Crippen molar-refractivity contribution in [3.63, 3.8) is 0 Å². The highest BCUT2D eigenvalue weighted by atomic mass is 127. The fraction of sp³-hybridized carbons (Fsp3) is 0.200. The third kappa shape index (κ3) is 4.08. The van der Waals surface area contributed by atoms with Crippen molar-refractivity contribution >= 4 is 56.1 Å². The van der Waals surface area contributed by atoms with E-state index in [4.69, 9.17) is 9.47 Å². The molecule has 0 radical (unpaired) electrons. The molecule has 3 aromatic rings. The molecule has 0 spiro atoms. The van der Waals surface area contributed by atoms with Crippen LogP contribution in [0.15, 0.2) is 42.5 Å². The van der Waals surface area contributed by atoms with Crippen molar-refractivity contribution in [1.29, 1.82) is 0 Å². The quantitative estimate of drug-likeness (QED) is 0.305. The predicted octanol–water partition coefficient (Wildman–Crippen LogP) is 3.70. The molecule has 0 atom stereocenters. The van der Waals surface area contributed by atoms with Gasteiger partial charge in [-0.15, -0.1) is 0 Å². The second kappa shape index (κ2) is 8.43. The van der Waals surface area contributed by atoms with Crippen molar-refractivity contribution in [2.75, 3.05) is 27.4 Å². The second-order valence-electron chi connectivity index (χ2n) is 5.62. The number of benzene rings is 3. The Morgan fingerprint density at radius 1 is 0.778 bits per heavy atom. The lowest BCUT2D eigenvalue weighted by Crippen LogP contribution is -2.14. The lowest BCUT2D eigenvalue weighted by Gasteiger charge is -2.17. The van der Waals surface area contributed by atoms with Crippen LogP contribution in [0.3, 0.4) is 0 Å². The molecular weight excluding hydrogens is 463 g/mol. The molecule has 0 unspecified atom stereocenters. The normalized spacial score (nSPS) is 10.6. The highest BCUT2D eigenvalue weighted by molar-refractivity contribution is 14.1. The average Bonchev–Trinajstić information content (AvgIpc) is 2.69. The van der Waals surface area contributed by atoms with Gasteiger partial charge >= 0.3 is 11.9 Å². The summed E-state index contributed by atoms with van der Waals surface area (Å²) in [4.78, 5) is 23.1. The zero-order valence-corrected chi connectivity index (χ0v) is 16.9. The lowest BCUT2D eigenvalue weighted by atomic mass is 10.0. The molecule has 3 rings (SSSR count). The average molecular weight is 480 g/mol. The SMILES string of the molecule is COC(=O)COc1c2ccccc2c(OCC(=O)OC)c2cc(I)ccc12. The molecule has 7 heteroatoms. The molecule has 0 bridgehead atoms. The van der Waals surface area contributed by atoms with E-state index in [1.807, 2.05) is 42.5 Å². The standard InChI is InChI=1S/C20H17IO6/c1-24-17(22)10-26-19-13-5-3-4-6-14(13)20(27-11-18(23)25-2)16-9-12(21)7-8-15(16)19/h3-9H,10-11H2,1-2H3. The topological polar surface area (TPSA) is 71.1 Å². The minimum Gasteiger partial charge on any atom is -0.481 e. The van der Waals surface area contributed by atoms with Crippen molar-refractivity contribution in [3.05, 3.63) is 46.0 Å². The number of carbonyl (C=O) groups excluding carboxylic acids is 2. The summed E-state index contributed by atoms with van der Waals surface area (Å²) in [5.74, 6) is 0.190. The van der Waals surface area contributed by atoms with Gasteiger partial charge in [0.2, 0.25) is 0 Å². The monoisotopic (exact) mass is 480 g/mol. The smallest absolute Gasteiger partial charge is 0.343 e. The number of carbonyl (C=O) groups is 2. The van der Waals surface area contributed by atoms with E-state index in [0.717, 1.165) is 25.1 Å². The molecule has 0 fully saturated rings. The minimum atomic E-state index is -0.469. The minimum absolute atomic E-state index is 0.204. The maximum Gasteiger partial charge on any atom is 0.343 e. The van der Waals surface area contributed by atoms with Crippen LogP contribution in [0.25, 0.3) is 21.5 Å². The molecule has 140 valence electrons. The number of esters is 2. The van der Waals surface area contributed by atoms with E-state index in [1.165, 1.54) is 14.2 Å². The van der Waals surface area contributed by atoms with Crippen LogP contribution in [0.1, 0.15) is 0 Å². The van der Waals surface area contributed by atoms with Crippen LogP contribution in [0.5, 0.6) is 11.5 Å². The van der Waals surface area contributed by atoms with Gasteiger partial charge in [-0.3, -0.25) is 0 Å². The summed E-state index contributed by atoms with van der Waals surface area (Å²) >= 11 is 2.21. The number of hydrogen-bond donors (Lipinski definition) is 0. The second-order valence-corrected chi connectivity index (χ2v) is 6.87. The van der Waals surface area contributed by atoms with E-state index in [-0.39, 0.29) is 13.2 Å². The zero-order valence-electron chi connectivity index (χ0n) is 14.8. The first-order valence-corrected chi connectivity index (χ1v) is 9.16. The highest BCUT2D eigenvalue weighted by Crippen LogP contribution is 2.43. The van der Waals surface area contributed by atoms with Crippen LogP contribution in [0.2, 0.25) is 0 Å². The van der Waals surface area contributed by atoms with Crippen molar-refractivity contribution in [1.82, 2.24) is 0 Å². The van der Waals surface area contributed by atoms with Crippen molar-refractivity contribution in [2.45, 2.75) is 0 Å². The van der Waals surface area contributed by atoms with E-state index >= 15 is 0 Å². The first-order valence-electron chi connectivity index (χ1n) is 8.08. The van der Waals surface area contributed by atoms with Crippen LogP contribution in [0, 0.1) is 3.57 Å². The first kappa shape index (κ1) is 19.2. The van der Waals surface area contributed by atoms with Gasteiger partial charge in [0.1, 0.15) is 11.5 Å². The van der Waals surface area contributed by atoms with Gasteiger partial charge < -0.3 is 18.9 Å². The molecule has 27 heavy (non-hydrogen) atoms. The molecule has 0 N–H and O–H groups in total. The van der Waals surface area contributed by atoms with Gasteiger partial charge in [-0.25, -0.2) is 9.59 Å². The highest BCUT2D eigenvalue weighted by Gasteiger charge is 2.18. The Balaban J connectivity index is 2.22.